The van der Waals surface area contributed by atoms with Crippen LogP contribution < -0.4 is 0 Å². The SMILES string of the molecule is C/N=C/c1ccc2oc3ccc(-c4cc(C#N)ccc4-n4c5ccccc5c5ccc6oc7ccccc7c6c54)cc3c2c1. The Hall–Kier alpha value is -6.12. The van der Waals surface area contributed by atoms with Crippen molar-refractivity contribution in [2.75, 3.05) is 7.05 Å². The summed E-state index contributed by atoms with van der Waals surface area (Å²) in [5.41, 5.74) is 10.1. The second-order valence-corrected chi connectivity index (χ2v) is 11.1. The van der Waals surface area contributed by atoms with Gasteiger partial charge in [-0.25, -0.2) is 0 Å². The predicted octanol–water partition coefficient (Wildman–Crippen LogP) is 10.2. The first-order valence-electron chi connectivity index (χ1n) is 14.5. The quantitative estimate of drug-likeness (QED) is 0.200. The highest BCUT2D eigenvalue weighted by Gasteiger charge is 2.21. The molecule has 0 spiro atoms. The summed E-state index contributed by atoms with van der Waals surface area (Å²) in [7, 11) is 1.77. The highest BCUT2D eigenvalue weighted by molar-refractivity contribution is 6.24. The monoisotopic (exact) mass is 565 g/mol. The molecule has 0 N–H and O–H groups in total. The summed E-state index contributed by atoms with van der Waals surface area (Å²) < 4.78 is 14.9. The molecule has 0 aliphatic rings. The van der Waals surface area contributed by atoms with Gasteiger partial charge in [-0.05, 0) is 83.9 Å². The van der Waals surface area contributed by atoms with E-state index in [9.17, 15) is 5.26 Å². The van der Waals surface area contributed by atoms with Crippen LogP contribution in [-0.4, -0.2) is 17.8 Å². The smallest absolute Gasteiger partial charge is 0.137 e. The van der Waals surface area contributed by atoms with E-state index in [-0.39, 0.29) is 0 Å². The maximum atomic E-state index is 9.97. The molecule has 5 heteroatoms. The van der Waals surface area contributed by atoms with Crippen LogP contribution in [0.3, 0.4) is 0 Å². The van der Waals surface area contributed by atoms with E-state index < -0.39 is 0 Å². The molecule has 0 amide bonds. The van der Waals surface area contributed by atoms with Crippen LogP contribution in [0.4, 0.5) is 0 Å². The number of hydrogen-bond acceptors (Lipinski definition) is 4. The first-order valence-corrected chi connectivity index (χ1v) is 14.5. The van der Waals surface area contributed by atoms with Gasteiger partial charge in [0.05, 0.1) is 33.7 Å². The van der Waals surface area contributed by atoms with Crippen LogP contribution in [0.15, 0.2) is 129 Å². The minimum Gasteiger partial charge on any atom is -0.456 e. The molecule has 0 radical (unpaired) electrons. The molecule has 0 saturated heterocycles. The van der Waals surface area contributed by atoms with Crippen LogP contribution >= 0.6 is 0 Å². The second-order valence-electron chi connectivity index (χ2n) is 11.1. The van der Waals surface area contributed by atoms with Gasteiger partial charge in [0.15, 0.2) is 0 Å². The fourth-order valence-electron chi connectivity index (χ4n) is 6.74. The summed E-state index contributed by atoms with van der Waals surface area (Å²) in [6.07, 6.45) is 1.85. The standard InChI is InChI=1S/C39H23N3O2/c1-41-22-24-11-15-35-30(19-24)31-20-25(12-16-36(31)43-35)29-18-23(21-40)10-14-33(29)42-32-8-4-2-6-26(32)27-13-17-37-38(39(27)42)28-7-3-5-9-34(28)44-37/h2-20,22H,1H3/b41-22+. The van der Waals surface area contributed by atoms with Gasteiger partial charge < -0.3 is 13.4 Å². The molecule has 44 heavy (non-hydrogen) atoms. The van der Waals surface area contributed by atoms with E-state index in [0.717, 1.165) is 88.1 Å². The Morgan fingerprint density at radius 3 is 2.25 bits per heavy atom. The Bertz CT molecular complexity index is 2700. The normalized spacial score (nSPS) is 12.1. The van der Waals surface area contributed by atoms with Gasteiger partial charge in [0, 0.05) is 45.8 Å². The molecule has 0 aliphatic carbocycles. The summed E-state index contributed by atoms with van der Waals surface area (Å²) >= 11 is 0. The number of nitriles is 1. The largest absolute Gasteiger partial charge is 0.456 e. The minimum atomic E-state index is 0.599. The summed E-state index contributed by atoms with van der Waals surface area (Å²) in [6, 6.07) is 41.6. The van der Waals surface area contributed by atoms with Crippen LogP contribution in [0.5, 0.6) is 0 Å². The lowest BCUT2D eigenvalue weighted by Gasteiger charge is -2.15. The van der Waals surface area contributed by atoms with Crippen LogP contribution in [0.2, 0.25) is 0 Å². The molecule has 0 unspecified atom stereocenters. The first kappa shape index (κ1) is 24.5. The van der Waals surface area contributed by atoms with E-state index in [1.165, 1.54) is 0 Å². The van der Waals surface area contributed by atoms with E-state index in [4.69, 9.17) is 8.83 Å². The molecule has 5 nitrogen and oxygen atoms in total. The molecule has 0 fully saturated rings. The van der Waals surface area contributed by atoms with Crippen molar-refractivity contribution in [2.24, 2.45) is 4.99 Å². The fourth-order valence-corrected chi connectivity index (χ4v) is 6.74. The number of rotatable bonds is 3. The molecule has 0 saturated carbocycles. The third kappa shape index (κ3) is 3.43. The number of aliphatic imine (C=N–C) groups is 1. The average Bonchev–Trinajstić information content (AvgIpc) is 3.73. The van der Waals surface area contributed by atoms with Crippen molar-refractivity contribution in [1.82, 2.24) is 4.57 Å². The third-order valence-electron chi connectivity index (χ3n) is 8.62. The molecule has 0 atom stereocenters. The number of hydrogen-bond donors (Lipinski definition) is 0. The fraction of sp³-hybridized carbons (Fsp3) is 0.0256. The molecule has 9 aromatic rings. The van der Waals surface area contributed by atoms with Crippen molar-refractivity contribution in [2.45, 2.75) is 0 Å². The number of para-hydroxylation sites is 2. The molecule has 206 valence electrons. The zero-order valence-corrected chi connectivity index (χ0v) is 23.7. The summed E-state index contributed by atoms with van der Waals surface area (Å²) in [5, 5.41) is 16.5. The second kappa shape index (κ2) is 9.19. The van der Waals surface area contributed by atoms with Crippen molar-refractivity contribution < 1.29 is 8.83 Å². The highest BCUT2D eigenvalue weighted by atomic mass is 16.3. The van der Waals surface area contributed by atoms with Crippen molar-refractivity contribution >= 4 is 71.9 Å². The van der Waals surface area contributed by atoms with Crippen LogP contribution in [0, 0.1) is 11.3 Å². The van der Waals surface area contributed by atoms with Gasteiger partial charge in [-0.15, -0.1) is 0 Å². The lowest BCUT2D eigenvalue weighted by molar-refractivity contribution is 0.668. The van der Waals surface area contributed by atoms with Gasteiger partial charge >= 0.3 is 0 Å². The number of nitrogens with zero attached hydrogens (tertiary/aromatic N) is 3. The zero-order valence-electron chi connectivity index (χ0n) is 23.7. The Labute approximate surface area is 251 Å². The average molecular weight is 566 g/mol. The highest BCUT2D eigenvalue weighted by Crippen LogP contribution is 2.43. The van der Waals surface area contributed by atoms with E-state index in [0.29, 0.717) is 5.56 Å². The van der Waals surface area contributed by atoms with E-state index in [1.54, 1.807) is 7.05 Å². The molecule has 0 aliphatic heterocycles. The van der Waals surface area contributed by atoms with Crippen LogP contribution in [0.25, 0.3) is 82.5 Å². The molecule has 6 aromatic carbocycles. The molecular weight excluding hydrogens is 542 g/mol. The first-order chi connectivity index (χ1) is 21.7. The van der Waals surface area contributed by atoms with Gasteiger partial charge in [-0.1, -0.05) is 42.5 Å². The summed E-state index contributed by atoms with van der Waals surface area (Å²) in [6.45, 7) is 0. The van der Waals surface area contributed by atoms with Gasteiger partial charge in [0.25, 0.3) is 0 Å². The van der Waals surface area contributed by atoms with Gasteiger partial charge in [0.1, 0.15) is 22.3 Å². The van der Waals surface area contributed by atoms with Crippen molar-refractivity contribution in [3.63, 3.8) is 0 Å². The number of aromatic nitrogens is 1. The Kier molecular flexibility index (Phi) is 5.11. The predicted molar refractivity (Wildman–Crippen MR) is 179 cm³/mol. The number of furan rings is 2. The summed E-state index contributed by atoms with van der Waals surface area (Å²) in [4.78, 5) is 4.19. The van der Waals surface area contributed by atoms with Crippen molar-refractivity contribution in [1.29, 1.82) is 5.26 Å². The van der Waals surface area contributed by atoms with Crippen LogP contribution in [-0.2, 0) is 0 Å². The number of benzene rings is 6. The van der Waals surface area contributed by atoms with Crippen molar-refractivity contribution in [3.8, 4) is 22.9 Å². The van der Waals surface area contributed by atoms with Gasteiger partial charge in [-0.2, -0.15) is 5.26 Å². The minimum absolute atomic E-state index is 0.599. The van der Waals surface area contributed by atoms with Crippen molar-refractivity contribution in [3.05, 3.63) is 126 Å². The van der Waals surface area contributed by atoms with E-state index in [1.807, 2.05) is 48.7 Å². The van der Waals surface area contributed by atoms with Gasteiger partial charge in [0.2, 0.25) is 0 Å². The molecular formula is C39H23N3O2. The molecule has 3 heterocycles. The molecule has 9 rings (SSSR count). The maximum Gasteiger partial charge on any atom is 0.137 e. The Balaban J connectivity index is 1.40. The lowest BCUT2D eigenvalue weighted by Crippen LogP contribution is -1.98. The van der Waals surface area contributed by atoms with E-state index >= 15 is 0 Å². The lowest BCUT2D eigenvalue weighted by atomic mass is 9.98. The Morgan fingerprint density at radius 2 is 1.39 bits per heavy atom. The number of fused-ring (bicyclic) bond motifs is 10. The molecule has 0 bridgehead atoms. The topological polar surface area (TPSA) is 67.4 Å². The third-order valence-corrected chi connectivity index (χ3v) is 8.62. The zero-order chi connectivity index (χ0) is 29.4. The Morgan fingerprint density at radius 1 is 0.659 bits per heavy atom. The van der Waals surface area contributed by atoms with Crippen LogP contribution in [0.1, 0.15) is 11.1 Å². The molecule has 3 aromatic heterocycles. The summed E-state index contributed by atoms with van der Waals surface area (Å²) in [5.74, 6) is 0. The maximum absolute atomic E-state index is 9.97. The van der Waals surface area contributed by atoms with Gasteiger partial charge in [-0.3, -0.25) is 4.99 Å². The van der Waals surface area contributed by atoms with E-state index in [2.05, 4.69) is 88.4 Å².